The largest absolute Gasteiger partial charge is 0.396 e. The van der Waals surface area contributed by atoms with E-state index in [1.54, 1.807) is 0 Å². The molecule has 0 aromatic rings. The molecule has 0 saturated carbocycles. The molecule has 0 aliphatic heterocycles. The Morgan fingerprint density at radius 3 is 2.00 bits per heavy atom. The fraction of sp³-hybridized carbons (Fsp3) is 1.00. The molecule has 0 heterocycles. The zero-order valence-electron chi connectivity index (χ0n) is 14.6. The molecule has 0 aromatic carbocycles. The normalized spacial score (nSPS) is 15.6. The Hall–Kier alpha value is -0.0800. The summed E-state index contributed by atoms with van der Waals surface area (Å²) in [5, 5.41) is 12.1. The fourth-order valence-corrected chi connectivity index (χ4v) is 1.86. The maximum Gasteiger partial charge on any atom is 0.0436 e. The minimum atomic E-state index is 0. The van der Waals surface area contributed by atoms with Crippen LogP contribution in [0, 0.1) is 17.3 Å². The molecule has 120 valence electrons. The minimum Gasteiger partial charge on any atom is -0.396 e. The van der Waals surface area contributed by atoms with Crippen molar-refractivity contribution in [1.29, 1.82) is 0 Å². The molecule has 0 aromatic heterocycles. The van der Waals surface area contributed by atoms with Crippen LogP contribution < -0.4 is 5.32 Å². The minimum absolute atomic E-state index is 0. The van der Waals surface area contributed by atoms with Crippen LogP contribution in [0.15, 0.2) is 0 Å². The standard InChI is InChI=1S/C9H20O.C8H19N.H2/c1-5-9(4,6-7-10)8(2)3;1-4-8(3)6-7-9-5-2;/h8,10H,5-7H2,1-4H3;8-9H,4-7H2,1-3H3;1H. The Kier molecular flexibility index (Phi) is 14.4. The highest BCUT2D eigenvalue weighted by molar-refractivity contribution is 4.75. The number of aliphatic hydroxyl groups is 1. The summed E-state index contributed by atoms with van der Waals surface area (Å²) in [6.07, 6.45) is 4.72. The molecule has 19 heavy (non-hydrogen) atoms. The summed E-state index contributed by atoms with van der Waals surface area (Å²) in [7, 11) is 0. The molecule has 0 fully saturated rings. The number of aliphatic hydroxyl groups excluding tert-OH is 1. The van der Waals surface area contributed by atoms with Gasteiger partial charge in [-0.1, -0.05) is 61.3 Å². The molecular weight excluding hydrogens is 234 g/mol. The van der Waals surface area contributed by atoms with Crippen LogP contribution in [0.5, 0.6) is 0 Å². The molecule has 0 saturated heterocycles. The van der Waals surface area contributed by atoms with Gasteiger partial charge in [0.15, 0.2) is 0 Å². The third kappa shape index (κ3) is 11.4. The van der Waals surface area contributed by atoms with Crippen LogP contribution in [-0.2, 0) is 0 Å². The monoisotopic (exact) mass is 275 g/mol. The quantitative estimate of drug-likeness (QED) is 0.597. The van der Waals surface area contributed by atoms with E-state index in [1.807, 2.05) is 0 Å². The second kappa shape index (κ2) is 12.9. The van der Waals surface area contributed by atoms with E-state index in [9.17, 15) is 0 Å². The number of nitrogens with one attached hydrogen (secondary N) is 1. The first-order chi connectivity index (χ1) is 8.87. The van der Waals surface area contributed by atoms with Gasteiger partial charge in [0.2, 0.25) is 0 Å². The third-order valence-electron chi connectivity index (χ3n) is 4.65. The summed E-state index contributed by atoms with van der Waals surface area (Å²) in [6, 6.07) is 0. The van der Waals surface area contributed by atoms with Gasteiger partial charge < -0.3 is 10.4 Å². The van der Waals surface area contributed by atoms with Crippen LogP contribution in [-0.4, -0.2) is 24.8 Å². The van der Waals surface area contributed by atoms with Gasteiger partial charge in [-0.05, 0) is 43.2 Å². The molecule has 0 radical (unpaired) electrons. The molecule has 0 aliphatic rings. The van der Waals surface area contributed by atoms with Crippen LogP contribution in [0.3, 0.4) is 0 Å². The van der Waals surface area contributed by atoms with Gasteiger partial charge in [0.1, 0.15) is 0 Å². The van der Waals surface area contributed by atoms with E-state index < -0.39 is 0 Å². The highest BCUT2D eigenvalue weighted by Gasteiger charge is 2.24. The maximum absolute atomic E-state index is 8.78. The second-order valence-electron chi connectivity index (χ2n) is 6.29. The smallest absolute Gasteiger partial charge is 0.0436 e. The zero-order valence-corrected chi connectivity index (χ0v) is 14.6. The van der Waals surface area contributed by atoms with E-state index in [4.69, 9.17) is 5.11 Å². The summed E-state index contributed by atoms with van der Waals surface area (Å²) in [5.74, 6) is 1.56. The Morgan fingerprint density at radius 1 is 1.16 bits per heavy atom. The molecule has 0 rings (SSSR count). The van der Waals surface area contributed by atoms with Crippen LogP contribution in [0.4, 0.5) is 0 Å². The first kappa shape index (κ1) is 21.2. The molecule has 2 N–H and O–H groups in total. The molecule has 0 amide bonds. The molecule has 0 bridgehead atoms. The first-order valence-corrected chi connectivity index (χ1v) is 8.19. The zero-order chi connectivity index (χ0) is 15.3. The Labute approximate surface area is 123 Å². The van der Waals surface area contributed by atoms with Gasteiger partial charge in [-0.25, -0.2) is 0 Å². The van der Waals surface area contributed by atoms with E-state index in [0.29, 0.717) is 17.9 Å². The van der Waals surface area contributed by atoms with Crippen molar-refractivity contribution in [2.75, 3.05) is 19.7 Å². The van der Waals surface area contributed by atoms with Gasteiger partial charge in [0, 0.05) is 8.03 Å². The Morgan fingerprint density at radius 2 is 1.74 bits per heavy atom. The maximum atomic E-state index is 8.78. The van der Waals surface area contributed by atoms with Crippen LogP contribution in [0.2, 0.25) is 0 Å². The van der Waals surface area contributed by atoms with Crippen molar-refractivity contribution in [3.05, 3.63) is 0 Å². The average molecular weight is 276 g/mol. The highest BCUT2D eigenvalue weighted by Crippen LogP contribution is 2.33. The topological polar surface area (TPSA) is 32.3 Å². The summed E-state index contributed by atoms with van der Waals surface area (Å²) in [6.45, 7) is 18.2. The summed E-state index contributed by atoms with van der Waals surface area (Å²) in [5.41, 5.74) is 0.342. The van der Waals surface area contributed by atoms with Crippen molar-refractivity contribution >= 4 is 0 Å². The van der Waals surface area contributed by atoms with E-state index in [0.717, 1.165) is 25.3 Å². The van der Waals surface area contributed by atoms with E-state index in [-0.39, 0.29) is 1.43 Å². The number of hydrogen-bond acceptors (Lipinski definition) is 2. The lowest BCUT2D eigenvalue weighted by molar-refractivity contribution is 0.139. The van der Waals surface area contributed by atoms with E-state index in [2.05, 4.69) is 53.8 Å². The van der Waals surface area contributed by atoms with Gasteiger partial charge in [-0.3, -0.25) is 0 Å². The Bertz CT molecular complexity index is 188. The predicted molar refractivity (Wildman–Crippen MR) is 89.7 cm³/mol. The summed E-state index contributed by atoms with van der Waals surface area (Å²) >= 11 is 0. The van der Waals surface area contributed by atoms with Crippen molar-refractivity contribution in [3.63, 3.8) is 0 Å². The van der Waals surface area contributed by atoms with Gasteiger partial charge >= 0.3 is 0 Å². The second-order valence-corrected chi connectivity index (χ2v) is 6.29. The van der Waals surface area contributed by atoms with Gasteiger partial charge in [0.05, 0.1) is 0 Å². The van der Waals surface area contributed by atoms with Crippen LogP contribution >= 0.6 is 0 Å². The molecule has 2 heteroatoms. The number of rotatable bonds is 9. The van der Waals surface area contributed by atoms with Gasteiger partial charge in [-0.15, -0.1) is 0 Å². The van der Waals surface area contributed by atoms with Crippen molar-refractivity contribution in [2.45, 2.75) is 74.1 Å². The van der Waals surface area contributed by atoms with Gasteiger partial charge in [0.25, 0.3) is 0 Å². The first-order valence-electron chi connectivity index (χ1n) is 8.19. The van der Waals surface area contributed by atoms with Crippen LogP contribution in [0.25, 0.3) is 0 Å². The van der Waals surface area contributed by atoms with Crippen molar-refractivity contribution in [2.24, 2.45) is 17.3 Å². The molecule has 2 nitrogen and oxygen atoms in total. The molecule has 2 atom stereocenters. The summed E-state index contributed by atoms with van der Waals surface area (Å²) < 4.78 is 0. The lowest BCUT2D eigenvalue weighted by atomic mass is 9.74. The van der Waals surface area contributed by atoms with E-state index >= 15 is 0 Å². The van der Waals surface area contributed by atoms with Crippen LogP contribution in [0.1, 0.15) is 75.6 Å². The number of hydrogen-bond donors (Lipinski definition) is 2. The van der Waals surface area contributed by atoms with Crippen molar-refractivity contribution in [3.8, 4) is 0 Å². The third-order valence-corrected chi connectivity index (χ3v) is 4.65. The average Bonchev–Trinajstić information content (AvgIpc) is 2.39. The molecule has 0 aliphatic carbocycles. The molecule has 2 unspecified atom stereocenters. The van der Waals surface area contributed by atoms with Crippen molar-refractivity contribution in [1.82, 2.24) is 5.32 Å². The summed E-state index contributed by atoms with van der Waals surface area (Å²) in [4.78, 5) is 0. The van der Waals surface area contributed by atoms with Crippen molar-refractivity contribution < 1.29 is 6.53 Å². The predicted octanol–water partition coefficient (Wildman–Crippen LogP) is 4.72. The highest BCUT2D eigenvalue weighted by atomic mass is 16.3. The molecule has 0 spiro atoms. The Balaban J connectivity index is -0.000000277. The lowest BCUT2D eigenvalue weighted by Gasteiger charge is -2.31. The lowest BCUT2D eigenvalue weighted by Crippen LogP contribution is -2.23. The van der Waals surface area contributed by atoms with E-state index in [1.165, 1.54) is 19.4 Å². The SMILES string of the molecule is CCC(C)(CCO)C(C)C.CCNCCC(C)CC.[HH]. The molecular formula is C17H41NO. The van der Waals surface area contributed by atoms with Gasteiger partial charge in [-0.2, -0.15) is 0 Å². The fourth-order valence-electron chi connectivity index (χ4n) is 1.86.